The third kappa shape index (κ3) is 6.54. The maximum Gasteiger partial charge on any atom is 0.223 e. The van der Waals surface area contributed by atoms with Gasteiger partial charge in [0.1, 0.15) is 23.9 Å². The molecular weight excluding hydrogens is 394 g/mol. The molecule has 1 heterocycles. The second-order valence-electron chi connectivity index (χ2n) is 7.18. The topological polar surface area (TPSA) is 58.9 Å². The molecule has 6 nitrogen and oxygen atoms in total. The highest BCUT2D eigenvalue weighted by Crippen LogP contribution is 2.18. The number of rotatable bonds is 11. The van der Waals surface area contributed by atoms with Gasteiger partial charge in [-0.1, -0.05) is 12.1 Å². The molecule has 3 aromatic rings. The molecule has 0 aliphatic rings. The summed E-state index contributed by atoms with van der Waals surface area (Å²) in [7, 11) is 1.63. The lowest BCUT2D eigenvalue weighted by molar-refractivity contribution is 0.242. The van der Waals surface area contributed by atoms with E-state index < -0.39 is 0 Å². The van der Waals surface area contributed by atoms with E-state index in [0.717, 1.165) is 28.5 Å². The van der Waals surface area contributed by atoms with E-state index in [1.54, 1.807) is 13.3 Å². The molecule has 0 aliphatic carbocycles. The molecule has 0 saturated carbocycles. The Balaban J connectivity index is 1.48. The molecule has 0 aliphatic heterocycles. The minimum absolute atomic E-state index is 0.121. The Hall–Kier alpha value is -3.41. The lowest BCUT2D eigenvalue weighted by Crippen LogP contribution is -2.18. The van der Waals surface area contributed by atoms with Gasteiger partial charge in [-0.15, -0.1) is 0 Å². The fourth-order valence-electron chi connectivity index (χ4n) is 3.13. The smallest absolute Gasteiger partial charge is 0.223 e. The monoisotopic (exact) mass is 423 g/mol. The van der Waals surface area contributed by atoms with Crippen molar-refractivity contribution in [3.63, 3.8) is 0 Å². The fraction of sp³-hybridized carbons (Fsp3) is 0.320. The average molecular weight is 424 g/mol. The number of benzene rings is 2. The van der Waals surface area contributed by atoms with Crippen molar-refractivity contribution in [3.05, 3.63) is 82.3 Å². The van der Waals surface area contributed by atoms with Crippen molar-refractivity contribution >= 4 is 0 Å². The number of nitrogens with zero attached hydrogens (tertiary/aromatic N) is 1. The van der Waals surface area contributed by atoms with Crippen LogP contribution >= 0.6 is 0 Å². The molecule has 0 unspecified atom stereocenters. The lowest BCUT2D eigenvalue weighted by atomic mass is 10.2. The molecule has 0 spiro atoms. The largest absolute Gasteiger partial charge is 0.497 e. The molecule has 0 radical (unpaired) electrons. The van der Waals surface area contributed by atoms with E-state index >= 15 is 0 Å². The minimum Gasteiger partial charge on any atom is -0.497 e. The van der Waals surface area contributed by atoms with Crippen molar-refractivity contribution in [2.24, 2.45) is 0 Å². The van der Waals surface area contributed by atoms with Crippen LogP contribution in [0.1, 0.15) is 17.7 Å². The molecule has 3 rings (SSSR count). The average Bonchev–Trinajstić information content (AvgIpc) is 2.77. The highest BCUT2D eigenvalue weighted by molar-refractivity contribution is 5.31. The molecular formula is C25H29NO5. The van der Waals surface area contributed by atoms with Gasteiger partial charge in [0, 0.05) is 18.7 Å². The van der Waals surface area contributed by atoms with Gasteiger partial charge < -0.3 is 23.5 Å². The molecule has 0 fully saturated rings. The summed E-state index contributed by atoms with van der Waals surface area (Å²) in [5, 5.41) is 0. The van der Waals surface area contributed by atoms with E-state index in [2.05, 4.69) is 0 Å². The maximum absolute atomic E-state index is 12.3. The SMILES string of the molecule is COc1ccc(OCCn2ccc(=O)c(OCCCOc3cccc(C)c3)c2C)cc1. The lowest BCUT2D eigenvalue weighted by Gasteiger charge is -2.15. The number of methoxy groups -OCH3 is 1. The summed E-state index contributed by atoms with van der Waals surface area (Å²) >= 11 is 0. The molecule has 6 heteroatoms. The minimum atomic E-state index is -0.121. The number of hydrogen-bond donors (Lipinski definition) is 0. The Morgan fingerprint density at radius 2 is 1.52 bits per heavy atom. The van der Waals surface area contributed by atoms with Gasteiger partial charge in [0.15, 0.2) is 5.75 Å². The molecule has 0 atom stereocenters. The second-order valence-corrected chi connectivity index (χ2v) is 7.18. The van der Waals surface area contributed by atoms with Gasteiger partial charge >= 0.3 is 0 Å². The van der Waals surface area contributed by atoms with Crippen molar-refractivity contribution in [2.45, 2.75) is 26.8 Å². The number of hydrogen-bond acceptors (Lipinski definition) is 5. The third-order valence-corrected chi connectivity index (χ3v) is 4.84. The van der Waals surface area contributed by atoms with Crippen molar-refractivity contribution in [2.75, 3.05) is 26.9 Å². The second kappa shape index (κ2) is 11.1. The summed E-state index contributed by atoms with van der Waals surface area (Å²) in [6.45, 7) is 5.92. The highest BCUT2D eigenvalue weighted by atomic mass is 16.5. The van der Waals surface area contributed by atoms with Crippen molar-refractivity contribution < 1.29 is 18.9 Å². The van der Waals surface area contributed by atoms with E-state index in [-0.39, 0.29) is 5.43 Å². The summed E-state index contributed by atoms with van der Waals surface area (Å²) in [5.74, 6) is 2.77. The number of aromatic nitrogens is 1. The number of ether oxygens (including phenoxy) is 4. The first-order valence-corrected chi connectivity index (χ1v) is 10.4. The van der Waals surface area contributed by atoms with Gasteiger partial charge in [0.25, 0.3) is 0 Å². The Kier molecular flexibility index (Phi) is 7.98. The summed E-state index contributed by atoms with van der Waals surface area (Å²) in [4.78, 5) is 12.3. The zero-order valence-corrected chi connectivity index (χ0v) is 18.3. The molecule has 0 bridgehead atoms. The first-order chi connectivity index (χ1) is 15.1. The van der Waals surface area contributed by atoms with Crippen molar-refractivity contribution in [1.29, 1.82) is 0 Å². The normalized spacial score (nSPS) is 10.5. The van der Waals surface area contributed by atoms with Crippen LogP contribution in [0, 0.1) is 13.8 Å². The Morgan fingerprint density at radius 1 is 0.806 bits per heavy atom. The third-order valence-electron chi connectivity index (χ3n) is 4.84. The Bertz CT molecular complexity index is 1030. The van der Waals surface area contributed by atoms with Crippen LogP contribution in [0.15, 0.2) is 65.6 Å². The molecule has 164 valence electrons. The summed E-state index contributed by atoms with van der Waals surface area (Å²) in [5.41, 5.74) is 1.82. The summed E-state index contributed by atoms with van der Waals surface area (Å²) < 4.78 is 24.4. The van der Waals surface area contributed by atoms with Crippen molar-refractivity contribution in [3.8, 4) is 23.0 Å². The van der Waals surface area contributed by atoms with Gasteiger partial charge in [-0.3, -0.25) is 4.79 Å². The van der Waals surface area contributed by atoms with E-state index in [4.69, 9.17) is 18.9 Å². The van der Waals surface area contributed by atoms with Crippen LogP contribution < -0.4 is 24.4 Å². The van der Waals surface area contributed by atoms with E-state index in [9.17, 15) is 4.79 Å². The molecule has 0 N–H and O–H groups in total. The van der Waals surface area contributed by atoms with E-state index in [0.29, 0.717) is 38.5 Å². The van der Waals surface area contributed by atoms with Gasteiger partial charge in [-0.2, -0.15) is 0 Å². The van der Waals surface area contributed by atoms with Crippen LogP contribution in [0.4, 0.5) is 0 Å². The maximum atomic E-state index is 12.3. The van der Waals surface area contributed by atoms with Crippen LogP contribution in [-0.2, 0) is 6.54 Å². The van der Waals surface area contributed by atoms with Crippen LogP contribution in [0.25, 0.3) is 0 Å². The molecule has 0 saturated heterocycles. The van der Waals surface area contributed by atoms with E-state index in [1.807, 2.05) is 66.9 Å². The quantitative estimate of drug-likeness (QED) is 0.428. The number of aryl methyl sites for hydroxylation is 1. The molecule has 2 aromatic carbocycles. The summed E-state index contributed by atoms with van der Waals surface area (Å²) in [6, 6.07) is 16.9. The van der Waals surface area contributed by atoms with Crippen LogP contribution in [0.3, 0.4) is 0 Å². The van der Waals surface area contributed by atoms with Gasteiger partial charge in [0.05, 0.1) is 32.6 Å². The van der Waals surface area contributed by atoms with Crippen LogP contribution in [0.2, 0.25) is 0 Å². The molecule has 0 amide bonds. The van der Waals surface area contributed by atoms with Crippen molar-refractivity contribution in [1.82, 2.24) is 4.57 Å². The summed E-state index contributed by atoms with van der Waals surface area (Å²) in [6.07, 6.45) is 2.45. The van der Waals surface area contributed by atoms with Crippen LogP contribution in [0.5, 0.6) is 23.0 Å². The van der Waals surface area contributed by atoms with E-state index in [1.165, 1.54) is 6.07 Å². The zero-order chi connectivity index (χ0) is 22.1. The highest BCUT2D eigenvalue weighted by Gasteiger charge is 2.09. The van der Waals surface area contributed by atoms with Gasteiger partial charge in [-0.05, 0) is 55.8 Å². The fourth-order valence-corrected chi connectivity index (χ4v) is 3.13. The zero-order valence-electron chi connectivity index (χ0n) is 18.3. The van der Waals surface area contributed by atoms with Crippen LogP contribution in [-0.4, -0.2) is 31.5 Å². The first kappa shape index (κ1) is 22.3. The Labute approximate surface area is 183 Å². The molecule has 31 heavy (non-hydrogen) atoms. The number of pyridine rings is 1. The van der Waals surface area contributed by atoms with Gasteiger partial charge in [0.2, 0.25) is 5.43 Å². The standard InChI is InChI=1S/C25H29NO5/c1-19-6-4-7-23(18-19)29-15-5-16-31-25-20(2)26(13-12-24(25)27)14-17-30-22-10-8-21(28-3)9-11-22/h4,6-13,18H,5,14-17H2,1-3H3. The predicted molar refractivity (Wildman–Crippen MR) is 121 cm³/mol. The first-order valence-electron chi connectivity index (χ1n) is 10.4. The van der Waals surface area contributed by atoms with Gasteiger partial charge in [-0.25, -0.2) is 0 Å². The predicted octanol–water partition coefficient (Wildman–Crippen LogP) is 4.40. The molecule has 1 aromatic heterocycles. The Morgan fingerprint density at radius 3 is 2.26 bits per heavy atom.